The van der Waals surface area contributed by atoms with Gasteiger partial charge in [0.2, 0.25) is 9.23 Å². The Morgan fingerprint density at radius 3 is 1.23 bits per heavy atom. The third kappa shape index (κ3) is 79.8. The number of hydrogen-bond acceptors (Lipinski definition) is 7. The van der Waals surface area contributed by atoms with Gasteiger partial charge in [0.05, 0.1) is 24.4 Å². The zero-order chi connectivity index (χ0) is 42.5. The van der Waals surface area contributed by atoms with E-state index in [0.29, 0.717) is 5.88 Å². The van der Waals surface area contributed by atoms with Gasteiger partial charge in [-0.15, -0.1) is 11.6 Å². The normalized spacial score (nSPS) is 9.65. The van der Waals surface area contributed by atoms with Crippen LogP contribution in [0.4, 0.5) is 0 Å². The third-order valence-corrected chi connectivity index (χ3v) is 6.72. The standard InChI is InChI=1S/C12H16O3S.C6H12O3S.C6H12.C5H9Br.C5H9Cl.Br3P.Cl2OS/c1-10(2)8-9-15-16(13,14)12-6-4-11(3)5-7-12;1-6(2)4-5-9-10(3,7)8;1-4-5-6(2)3;2*1-5(2)3-4-6;2*1-4(2)3/h4-8H,9H2,1-3H3;4H,5H2,1-3H3;5H,4H2,1-3H3;2*3H,4H2,1-2H3;;. The zero-order valence-electron chi connectivity index (χ0n) is 32.4. The molecule has 0 bridgehead atoms. The van der Waals surface area contributed by atoms with Gasteiger partial charge >= 0.3 is 0 Å². The molecule has 0 saturated carbocycles. The van der Waals surface area contributed by atoms with Crippen molar-refractivity contribution in [2.75, 3.05) is 30.7 Å². The molecule has 0 aliphatic carbocycles. The van der Waals surface area contributed by atoms with E-state index in [1.165, 1.54) is 23.1 Å². The van der Waals surface area contributed by atoms with Gasteiger partial charge in [-0.3, -0.25) is 8.37 Å². The van der Waals surface area contributed by atoms with Crippen LogP contribution in [0, 0.1) is 6.92 Å². The van der Waals surface area contributed by atoms with Gasteiger partial charge in [-0.1, -0.05) is 98.8 Å². The van der Waals surface area contributed by atoms with Crippen LogP contribution in [0.25, 0.3) is 0 Å². The Hall–Kier alpha value is 1.11. The first kappa shape index (κ1) is 65.0. The van der Waals surface area contributed by atoms with E-state index in [2.05, 4.69) is 135 Å². The summed E-state index contributed by atoms with van der Waals surface area (Å²) in [5.74, 6) is 0.641. The maximum Gasteiger partial charge on any atom is 0.297 e. The fourth-order valence-electron chi connectivity index (χ4n) is 2.10. The Labute approximate surface area is 367 Å². The van der Waals surface area contributed by atoms with Gasteiger partial charge in [-0.2, -0.15) is 16.8 Å². The molecular weight excluding hydrogens is 1070 g/mol. The third-order valence-electron chi connectivity index (χ3n) is 4.38. The van der Waals surface area contributed by atoms with Crippen molar-refractivity contribution in [3.05, 3.63) is 88.1 Å². The van der Waals surface area contributed by atoms with Crippen molar-refractivity contribution in [3.8, 4) is 0 Å². The van der Waals surface area contributed by atoms with Crippen LogP contribution in [0.2, 0.25) is 0 Å². The molecule has 0 aromatic heterocycles. The lowest BCUT2D eigenvalue weighted by Crippen LogP contribution is -2.06. The van der Waals surface area contributed by atoms with E-state index in [0.717, 1.165) is 28.3 Å². The highest BCUT2D eigenvalue weighted by Gasteiger charge is 2.13. The number of aryl methyl sites for hydroxylation is 1. The van der Waals surface area contributed by atoms with Crippen molar-refractivity contribution in [2.24, 2.45) is 0 Å². The fourth-order valence-corrected chi connectivity index (χ4v) is 4.23. The second-order valence-electron chi connectivity index (χ2n) is 11.0. The van der Waals surface area contributed by atoms with Gasteiger partial charge in [-0.05, 0) is 141 Å². The lowest BCUT2D eigenvalue weighted by atomic mass is 10.2. The van der Waals surface area contributed by atoms with Gasteiger partial charge < -0.3 is 0 Å². The highest BCUT2D eigenvalue weighted by Crippen LogP contribution is 2.59. The molecule has 0 fully saturated rings. The van der Waals surface area contributed by atoms with Gasteiger partial charge in [-0.25, -0.2) is 4.21 Å². The van der Waals surface area contributed by atoms with Crippen LogP contribution < -0.4 is 0 Å². The summed E-state index contributed by atoms with van der Waals surface area (Å²) in [6.45, 7) is 24.3. The largest absolute Gasteiger partial charge is 0.297 e. The minimum atomic E-state index is -3.62. The van der Waals surface area contributed by atoms with E-state index in [-0.39, 0.29) is 22.1 Å². The Kier molecular flexibility index (Phi) is 54.0. The summed E-state index contributed by atoms with van der Waals surface area (Å²) in [4.78, 5) is 0.195. The molecule has 0 unspecified atom stereocenters. The second-order valence-corrected chi connectivity index (χ2v) is 33.1. The molecule has 1 aromatic rings. The lowest BCUT2D eigenvalue weighted by Gasteiger charge is -2.03. The topological polar surface area (TPSA) is 104 Å². The molecule has 0 spiro atoms. The summed E-state index contributed by atoms with van der Waals surface area (Å²) in [5, 5.41) is 0.981. The van der Waals surface area contributed by atoms with Crippen molar-refractivity contribution in [1.82, 2.24) is 0 Å². The molecule has 52 heavy (non-hydrogen) atoms. The van der Waals surface area contributed by atoms with E-state index in [1.807, 2.05) is 54.5 Å². The summed E-state index contributed by atoms with van der Waals surface area (Å²) < 4.78 is 62.3. The molecule has 0 saturated heterocycles. The SMILES string of the molecule is BrP(Br)Br.CC(C)=CCBr.CC(C)=CCCl.CC(C)=CCOS(=O)(=O)c1ccc(C)cc1.CC(C)=CCOS(C)(=O)=O.CCC=C(C)C.O=S(Cl)Cl. The first-order chi connectivity index (χ1) is 23.6. The fraction of sp³-hybridized carbons (Fsp3) is 0.529. The average molecular weight is 1130 g/mol. The Balaban J connectivity index is -0.000000128. The Bertz CT molecular complexity index is 1350. The summed E-state index contributed by atoms with van der Waals surface area (Å²) in [6.07, 6.45) is 11.9. The van der Waals surface area contributed by atoms with Crippen LogP contribution in [0.5, 0.6) is 0 Å². The van der Waals surface area contributed by atoms with Crippen molar-refractivity contribution in [1.29, 1.82) is 0 Å². The summed E-state index contributed by atoms with van der Waals surface area (Å²) in [7, 11) is 0.476. The van der Waals surface area contributed by atoms with Gasteiger partial charge in [0, 0.05) is 32.6 Å². The number of hydrogen-bond donors (Lipinski definition) is 0. The van der Waals surface area contributed by atoms with Crippen LogP contribution >= 0.6 is 99.4 Å². The van der Waals surface area contributed by atoms with E-state index in [9.17, 15) is 16.8 Å². The van der Waals surface area contributed by atoms with E-state index >= 15 is 0 Å². The molecule has 0 heterocycles. The second kappa shape index (κ2) is 43.2. The maximum atomic E-state index is 11.7. The number of benzene rings is 1. The molecule has 1 rings (SSSR count). The number of halogens is 7. The van der Waals surface area contributed by atoms with Crippen LogP contribution in [-0.4, -0.2) is 51.7 Å². The molecule has 0 atom stereocenters. The number of rotatable bonds is 10. The van der Waals surface area contributed by atoms with E-state index in [1.54, 1.807) is 36.4 Å². The predicted octanol–water partition coefficient (Wildman–Crippen LogP) is 14.9. The number of allylic oxidation sites excluding steroid dienone is 8. The summed E-state index contributed by atoms with van der Waals surface area (Å²) in [5.41, 5.74) is 7.15. The molecule has 7 nitrogen and oxygen atoms in total. The van der Waals surface area contributed by atoms with Gasteiger partial charge in [0.25, 0.3) is 20.2 Å². The summed E-state index contributed by atoms with van der Waals surface area (Å²) >= 11 is 18.1. The molecule has 0 aliphatic heterocycles. The quantitative estimate of drug-likeness (QED) is 0.0756. The smallest absolute Gasteiger partial charge is 0.266 e. The molecule has 0 amide bonds. The zero-order valence-corrected chi connectivity index (χ0v) is 44.4. The molecule has 308 valence electrons. The van der Waals surface area contributed by atoms with Crippen molar-refractivity contribution in [2.45, 2.75) is 94.4 Å². The predicted molar refractivity (Wildman–Crippen MR) is 251 cm³/mol. The molecule has 0 aliphatic rings. The first-order valence-corrected chi connectivity index (χ1v) is 30.3. The molecule has 0 N–H and O–H groups in total. The van der Waals surface area contributed by atoms with Crippen LogP contribution in [0.15, 0.2) is 87.4 Å². The average Bonchev–Trinajstić information content (AvgIpc) is 2.93. The first-order valence-electron chi connectivity index (χ1n) is 15.2. The van der Waals surface area contributed by atoms with E-state index < -0.39 is 29.5 Å². The molecule has 0 radical (unpaired) electrons. The van der Waals surface area contributed by atoms with E-state index in [4.69, 9.17) is 20.0 Å². The van der Waals surface area contributed by atoms with Gasteiger partial charge in [0.15, 0.2) is 0 Å². The highest BCUT2D eigenvalue weighted by atomic mass is 80.0. The van der Waals surface area contributed by atoms with Crippen LogP contribution in [0.1, 0.15) is 88.1 Å². The van der Waals surface area contributed by atoms with Crippen LogP contribution in [-0.2, 0) is 37.8 Å². The monoisotopic (exact) mass is 1130 g/mol. The molecular formula is C34H58Br4Cl3O7PS3. The summed E-state index contributed by atoms with van der Waals surface area (Å²) in [6, 6.07) is 6.59. The lowest BCUT2D eigenvalue weighted by molar-refractivity contribution is 0.356. The van der Waals surface area contributed by atoms with Crippen LogP contribution in [0.3, 0.4) is 0 Å². The molecule has 1 aromatic carbocycles. The highest BCUT2D eigenvalue weighted by molar-refractivity contribution is 9.93. The minimum Gasteiger partial charge on any atom is -0.266 e. The Morgan fingerprint density at radius 1 is 0.712 bits per heavy atom. The maximum absolute atomic E-state index is 11.7. The minimum absolute atomic E-state index is 0.0819. The molecule has 18 heteroatoms. The van der Waals surface area contributed by atoms with Crippen molar-refractivity contribution in [3.63, 3.8) is 0 Å². The van der Waals surface area contributed by atoms with Gasteiger partial charge in [0.1, 0.15) is 4.03 Å². The number of alkyl halides is 2. The Morgan fingerprint density at radius 2 is 1.04 bits per heavy atom. The van der Waals surface area contributed by atoms with Crippen molar-refractivity contribution < 1.29 is 29.4 Å². The van der Waals surface area contributed by atoms with Crippen molar-refractivity contribution >= 4 is 129 Å².